The quantitative estimate of drug-likeness (QED) is 0.802. The van der Waals surface area contributed by atoms with E-state index in [-0.39, 0.29) is 0 Å². The standard InChI is InChI=1S/C15H24N2O/c1-15(2)10-5-4-9-13(15)17-11-7-6-8-12(18-3)14(11)16/h6-8,13,17H,4-5,9-10,16H2,1-3H3. The van der Waals surface area contributed by atoms with Crippen molar-refractivity contribution in [2.75, 3.05) is 18.2 Å². The fourth-order valence-electron chi connectivity index (χ4n) is 2.80. The second kappa shape index (κ2) is 5.09. The van der Waals surface area contributed by atoms with Gasteiger partial charge >= 0.3 is 0 Å². The van der Waals surface area contributed by atoms with Crippen LogP contribution in [-0.4, -0.2) is 13.2 Å². The molecule has 1 aromatic rings. The van der Waals surface area contributed by atoms with Crippen LogP contribution in [0.2, 0.25) is 0 Å². The number of methoxy groups -OCH3 is 1. The monoisotopic (exact) mass is 248 g/mol. The number of rotatable bonds is 3. The first kappa shape index (κ1) is 13.1. The van der Waals surface area contributed by atoms with Gasteiger partial charge in [-0.25, -0.2) is 0 Å². The Bertz CT molecular complexity index is 415. The summed E-state index contributed by atoms with van der Waals surface area (Å²) in [6.45, 7) is 4.67. The lowest BCUT2D eigenvalue weighted by Gasteiger charge is -2.39. The molecule has 3 nitrogen and oxygen atoms in total. The summed E-state index contributed by atoms with van der Waals surface area (Å²) in [5.41, 5.74) is 8.14. The van der Waals surface area contributed by atoms with Crippen LogP contribution in [0, 0.1) is 5.41 Å². The Hall–Kier alpha value is -1.38. The zero-order chi connectivity index (χ0) is 13.2. The van der Waals surface area contributed by atoms with E-state index in [9.17, 15) is 0 Å². The SMILES string of the molecule is COc1cccc(NC2CCCCC2(C)C)c1N. The van der Waals surface area contributed by atoms with Gasteiger partial charge in [0.1, 0.15) is 5.75 Å². The number of ether oxygens (including phenoxy) is 1. The maximum absolute atomic E-state index is 6.11. The molecular weight excluding hydrogens is 224 g/mol. The molecule has 18 heavy (non-hydrogen) atoms. The predicted octanol–water partition coefficient (Wildman–Crippen LogP) is 3.66. The Morgan fingerprint density at radius 3 is 2.78 bits per heavy atom. The van der Waals surface area contributed by atoms with Gasteiger partial charge in [-0.15, -0.1) is 0 Å². The summed E-state index contributed by atoms with van der Waals surface area (Å²) in [4.78, 5) is 0. The van der Waals surface area contributed by atoms with Gasteiger partial charge < -0.3 is 15.8 Å². The first-order chi connectivity index (χ1) is 8.54. The van der Waals surface area contributed by atoms with Crippen LogP contribution in [0.3, 0.4) is 0 Å². The van der Waals surface area contributed by atoms with Crippen molar-refractivity contribution >= 4 is 11.4 Å². The number of benzene rings is 1. The molecule has 0 heterocycles. The number of hydrogen-bond acceptors (Lipinski definition) is 3. The fraction of sp³-hybridized carbons (Fsp3) is 0.600. The summed E-state index contributed by atoms with van der Waals surface area (Å²) in [6, 6.07) is 6.39. The van der Waals surface area contributed by atoms with Gasteiger partial charge in [-0.1, -0.05) is 32.8 Å². The molecular formula is C15H24N2O. The molecule has 2 rings (SSSR count). The van der Waals surface area contributed by atoms with Crippen LogP contribution in [0.1, 0.15) is 39.5 Å². The first-order valence-electron chi connectivity index (χ1n) is 6.73. The molecule has 1 atom stereocenters. The zero-order valence-electron chi connectivity index (χ0n) is 11.6. The first-order valence-corrected chi connectivity index (χ1v) is 6.73. The molecule has 1 aliphatic carbocycles. The van der Waals surface area contributed by atoms with Crippen LogP contribution < -0.4 is 15.8 Å². The lowest BCUT2D eigenvalue weighted by Crippen LogP contribution is -2.39. The van der Waals surface area contributed by atoms with E-state index in [2.05, 4.69) is 19.2 Å². The molecule has 3 N–H and O–H groups in total. The van der Waals surface area contributed by atoms with Gasteiger partial charge in [-0.2, -0.15) is 0 Å². The predicted molar refractivity (Wildman–Crippen MR) is 77.1 cm³/mol. The molecule has 0 aromatic heterocycles. The number of hydrogen-bond donors (Lipinski definition) is 2. The lowest BCUT2D eigenvalue weighted by molar-refractivity contribution is 0.217. The molecule has 3 heteroatoms. The number of nitrogens with one attached hydrogen (secondary N) is 1. The Labute approximate surface area is 110 Å². The van der Waals surface area contributed by atoms with Gasteiger partial charge in [-0.05, 0) is 30.4 Å². The van der Waals surface area contributed by atoms with Crippen LogP contribution in [0.15, 0.2) is 18.2 Å². The number of nitrogens with two attached hydrogens (primary N) is 1. The average molecular weight is 248 g/mol. The molecule has 1 fully saturated rings. The largest absolute Gasteiger partial charge is 0.495 e. The number of para-hydroxylation sites is 1. The van der Waals surface area contributed by atoms with Gasteiger partial charge in [0, 0.05) is 6.04 Å². The highest BCUT2D eigenvalue weighted by Crippen LogP contribution is 2.39. The highest BCUT2D eigenvalue weighted by molar-refractivity contribution is 5.73. The van der Waals surface area contributed by atoms with E-state index in [1.165, 1.54) is 25.7 Å². The van der Waals surface area contributed by atoms with Gasteiger partial charge in [0.2, 0.25) is 0 Å². The van der Waals surface area contributed by atoms with E-state index in [0.29, 0.717) is 17.1 Å². The molecule has 0 aliphatic heterocycles. The maximum atomic E-state index is 6.11. The van der Waals surface area contributed by atoms with Crippen molar-refractivity contribution in [3.05, 3.63) is 18.2 Å². The van der Waals surface area contributed by atoms with Crippen LogP contribution in [-0.2, 0) is 0 Å². The average Bonchev–Trinajstić information content (AvgIpc) is 2.34. The van der Waals surface area contributed by atoms with E-state index in [1.54, 1.807) is 7.11 Å². The van der Waals surface area contributed by atoms with Gasteiger partial charge in [-0.3, -0.25) is 0 Å². The van der Waals surface area contributed by atoms with Crippen LogP contribution in [0.25, 0.3) is 0 Å². The normalized spacial score (nSPS) is 22.5. The van der Waals surface area contributed by atoms with E-state index in [1.807, 2.05) is 18.2 Å². The van der Waals surface area contributed by atoms with Gasteiger partial charge in [0.15, 0.2) is 0 Å². The molecule has 0 amide bonds. The smallest absolute Gasteiger partial charge is 0.143 e. The summed E-state index contributed by atoms with van der Waals surface area (Å²) in [5.74, 6) is 0.744. The zero-order valence-corrected chi connectivity index (χ0v) is 11.6. The van der Waals surface area contributed by atoms with Crippen LogP contribution in [0.5, 0.6) is 5.75 Å². The maximum Gasteiger partial charge on any atom is 0.143 e. The Kier molecular flexibility index (Phi) is 3.69. The van der Waals surface area contributed by atoms with Crippen molar-refractivity contribution in [2.45, 2.75) is 45.6 Å². The minimum atomic E-state index is 0.327. The van der Waals surface area contributed by atoms with Crippen molar-refractivity contribution in [1.82, 2.24) is 0 Å². The number of nitrogen functional groups attached to an aromatic ring is 1. The summed E-state index contributed by atoms with van der Waals surface area (Å²) >= 11 is 0. The third-order valence-corrected chi connectivity index (χ3v) is 4.12. The lowest BCUT2D eigenvalue weighted by atomic mass is 9.73. The highest BCUT2D eigenvalue weighted by Gasteiger charge is 2.32. The van der Waals surface area contributed by atoms with Gasteiger partial charge in [0.05, 0.1) is 18.5 Å². The number of anilines is 2. The molecule has 0 saturated heterocycles. The summed E-state index contributed by atoms with van der Waals surface area (Å²) < 4.78 is 5.26. The molecule has 1 aliphatic rings. The van der Waals surface area contributed by atoms with E-state index in [4.69, 9.17) is 10.5 Å². The summed E-state index contributed by atoms with van der Waals surface area (Å²) in [6.07, 6.45) is 5.11. The molecule has 0 spiro atoms. The molecule has 1 aromatic carbocycles. The highest BCUT2D eigenvalue weighted by atomic mass is 16.5. The third kappa shape index (κ3) is 2.55. The molecule has 1 saturated carbocycles. The summed E-state index contributed by atoms with van der Waals surface area (Å²) in [5, 5.41) is 3.61. The topological polar surface area (TPSA) is 47.3 Å². The van der Waals surface area contributed by atoms with Crippen LogP contribution in [0.4, 0.5) is 11.4 Å². The minimum absolute atomic E-state index is 0.327. The molecule has 0 radical (unpaired) electrons. The molecule has 0 bridgehead atoms. The van der Waals surface area contributed by atoms with Crippen molar-refractivity contribution in [1.29, 1.82) is 0 Å². The van der Waals surface area contributed by atoms with Crippen molar-refractivity contribution in [3.8, 4) is 5.75 Å². The molecule has 1 unspecified atom stereocenters. The Morgan fingerprint density at radius 2 is 2.11 bits per heavy atom. The summed E-state index contributed by atoms with van der Waals surface area (Å²) in [7, 11) is 1.65. The molecule has 100 valence electrons. The van der Waals surface area contributed by atoms with Crippen LogP contribution >= 0.6 is 0 Å². The second-order valence-electron chi connectivity index (χ2n) is 5.85. The van der Waals surface area contributed by atoms with E-state index < -0.39 is 0 Å². The van der Waals surface area contributed by atoms with E-state index in [0.717, 1.165) is 11.4 Å². The van der Waals surface area contributed by atoms with Crippen molar-refractivity contribution < 1.29 is 4.74 Å². The fourth-order valence-corrected chi connectivity index (χ4v) is 2.80. The Morgan fingerprint density at radius 1 is 1.33 bits per heavy atom. The second-order valence-corrected chi connectivity index (χ2v) is 5.85. The third-order valence-electron chi connectivity index (χ3n) is 4.12. The minimum Gasteiger partial charge on any atom is -0.495 e. The Balaban J connectivity index is 2.18. The van der Waals surface area contributed by atoms with Gasteiger partial charge in [0.25, 0.3) is 0 Å². The van der Waals surface area contributed by atoms with Crippen molar-refractivity contribution in [3.63, 3.8) is 0 Å². The van der Waals surface area contributed by atoms with Crippen molar-refractivity contribution in [2.24, 2.45) is 5.41 Å². The van der Waals surface area contributed by atoms with E-state index >= 15 is 0 Å².